The molecule has 0 aliphatic rings. The number of para-hydroxylation sites is 6. The van der Waals surface area contributed by atoms with Gasteiger partial charge in [-0.3, -0.25) is 8.80 Å². The van der Waals surface area contributed by atoms with Gasteiger partial charge in [-0.2, -0.15) is 0 Å². The van der Waals surface area contributed by atoms with Crippen LogP contribution < -0.4 is 21.2 Å². The number of fused-ring (bicyclic) bond motifs is 41. The monoisotopic (exact) mass is 1980 g/mol. The Morgan fingerprint density at radius 1 is 0.234 bits per heavy atom. The van der Waals surface area contributed by atoms with E-state index in [1.165, 1.54) is 167 Å². The number of pyridine rings is 4. The summed E-state index contributed by atoms with van der Waals surface area (Å²) in [5, 5.41) is 31.5. The van der Waals surface area contributed by atoms with Crippen LogP contribution in [-0.4, -0.2) is 120 Å². The Labute approximate surface area is 807 Å². The van der Waals surface area contributed by atoms with E-state index in [1.807, 2.05) is 44.9 Å². The number of benzene rings is 19. The summed E-state index contributed by atoms with van der Waals surface area (Å²) in [6.07, 6.45) is 6.12. The number of imidazole rings is 4. The molecule has 19 aromatic carbocycles. The van der Waals surface area contributed by atoms with E-state index >= 15 is 0 Å². The second-order valence-corrected chi connectivity index (χ2v) is 59.9. The van der Waals surface area contributed by atoms with Crippen molar-refractivity contribution in [3.8, 4) is 22.3 Å². The fourth-order valence-corrected chi connectivity index (χ4v) is 31.4. The van der Waals surface area contributed by atoms with Crippen LogP contribution in [-0.2, 0) is 9.13 Å². The molecule has 0 saturated heterocycles. The normalized spacial score (nSPS) is 13.2. The Hall–Kier alpha value is -13.3. The van der Waals surface area contributed by atoms with Crippen LogP contribution in [0.2, 0.25) is 0 Å². The maximum Gasteiger partial charge on any atom is 0.146 e. The van der Waals surface area contributed by atoms with E-state index in [4.69, 9.17) is 19.9 Å². The molecule has 8 aromatic heterocycles. The van der Waals surface area contributed by atoms with Crippen molar-refractivity contribution < 1.29 is 9.13 Å². The van der Waals surface area contributed by atoms with Crippen molar-refractivity contribution in [3.05, 3.63) is 376 Å². The van der Waals surface area contributed by atoms with E-state index in [-0.39, 0.29) is 0 Å². The summed E-state index contributed by atoms with van der Waals surface area (Å²) < 4.78 is 35.3. The zero-order valence-corrected chi connectivity index (χ0v) is 84.3. The minimum atomic E-state index is -2.43. The molecule has 16 heteroatoms. The Morgan fingerprint density at radius 3 is 1.09 bits per heavy atom. The van der Waals surface area contributed by atoms with Gasteiger partial charge in [-0.15, -0.1) is 0 Å². The Morgan fingerprint density at radius 2 is 0.547 bits per heavy atom. The van der Waals surface area contributed by atoms with Gasteiger partial charge < -0.3 is 9.13 Å². The van der Waals surface area contributed by atoms with Gasteiger partial charge in [0.2, 0.25) is 0 Å². The maximum atomic E-state index is 13.1. The molecule has 0 aliphatic heterocycles. The molecule has 0 bridgehead atoms. The van der Waals surface area contributed by atoms with E-state index < -0.39 is 25.3 Å². The van der Waals surface area contributed by atoms with Gasteiger partial charge in [0.05, 0.1) is 33.1 Å². The molecule has 2 atom stereocenters. The van der Waals surface area contributed by atoms with E-state index in [2.05, 4.69) is 433 Å². The summed E-state index contributed by atoms with van der Waals surface area (Å²) in [6, 6.07) is 135. The SMILES string of the molecule is CCCP(=[Se])(CC)c1ccc2c3ccccc3c3nc4ccccc4n3c2c1.CCCP(C)(=[Se])c1ccc2nc3c4ccccc4c4ccccc4n3c2c1.CP(C)(=O)c1ccc2c(c1)c1ccccc1n1c3cc(-c4cc5ccccc5c5ccccc45)ccc3nc21.CP(C)(=O)c1ccc2c3ccc(-c4ccc5c6ccccc6c6ccccc6c5c4)cc3n3c4ccccc4nc3c2c1. The van der Waals surface area contributed by atoms with E-state index in [1.54, 1.807) is 0 Å². The summed E-state index contributed by atoms with van der Waals surface area (Å²) in [5.74, 6) is 0. The molecule has 0 amide bonds. The van der Waals surface area contributed by atoms with Gasteiger partial charge in [-0.25, -0.2) is 9.97 Å². The van der Waals surface area contributed by atoms with Crippen molar-refractivity contribution >= 4 is 284 Å². The van der Waals surface area contributed by atoms with Crippen molar-refractivity contribution in [2.75, 3.05) is 51.8 Å². The van der Waals surface area contributed by atoms with Crippen molar-refractivity contribution in [2.24, 2.45) is 0 Å². The van der Waals surface area contributed by atoms with Crippen LogP contribution in [0.25, 0.3) is 230 Å². The topological polar surface area (TPSA) is 103 Å². The smallest absolute Gasteiger partial charge is 0.146 e. The van der Waals surface area contributed by atoms with Gasteiger partial charge in [0.1, 0.15) is 25.6 Å². The molecule has 2 unspecified atom stereocenters. The summed E-state index contributed by atoms with van der Waals surface area (Å²) in [6.45, 7) is 16.6. The first-order valence-corrected chi connectivity index (χ1v) is 61.4. The second kappa shape index (κ2) is 33.9. The van der Waals surface area contributed by atoms with E-state index in [0.29, 0.717) is 0 Å². The van der Waals surface area contributed by atoms with Gasteiger partial charge >= 0.3 is 340 Å². The quantitative estimate of drug-likeness (QED) is 0.0726. The average molecular weight is 1980 g/mol. The van der Waals surface area contributed by atoms with Crippen LogP contribution in [0.5, 0.6) is 0 Å². The molecule has 0 spiro atoms. The summed E-state index contributed by atoms with van der Waals surface area (Å²) in [7, 11) is -4.83. The summed E-state index contributed by atoms with van der Waals surface area (Å²) in [5.41, 5.74) is 19.5. The number of hydrogen-bond acceptors (Lipinski definition) is 6. The molecule has 137 heavy (non-hydrogen) atoms. The first kappa shape index (κ1) is 86.6. The van der Waals surface area contributed by atoms with Gasteiger partial charge in [-0.1, -0.05) is 176 Å². The van der Waals surface area contributed by atoms with Crippen molar-refractivity contribution in [1.29, 1.82) is 0 Å². The molecule has 27 aromatic rings. The van der Waals surface area contributed by atoms with Gasteiger partial charge in [0.15, 0.2) is 0 Å². The van der Waals surface area contributed by atoms with E-state index in [0.717, 1.165) is 115 Å². The van der Waals surface area contributed by atoms with Crippen LogP contribution in [0.15, 0.2) is 376 Å². The number of nitrogens with zero attached hydrogens (tertiary/aromatic N) is 8. The Balaban J connectivity index is 0.000000102. The largest absolute Gasteiger partial charge is 0.319 e. The van der Waals surface area contributed by atoms with Crippen LogP contribution in [0.3, 0.4) is 0 Å². The van der Waals surface area contributed by atoms with Crippen LogP contribution in [0, 0.1) is 0 Å². The van der Waals surface area contributed by atoms with Gasteiger partial charge in [0.25, 0.3) is 0 Å². The third-order valence-electron chi connectivity index (χ3n) is 28.3. The summed E-state index contributed by atoms with van der Waals surface area (Å²) >= 11 is 7.15. The fraction of sp³-hybridized carbons (Fsp3) is 0.107. The van der Waals surface area contributed by atoms with Crippen LogP contribution >= 0.6 is 25.3 Å². The molecular formula is C121H96N8O2P4Se2. The number of hydrogen-bond donors (Lipinski definition) is 0. The maximum absolute atomic E-state index is 13.1. The van der Waals surface area contributed by atoms with Gasteiger partial charge in [-0.05, 0) is 180 Å². The predicted molar refractivity (Wildman–Crippen MR) is 599 cm³/mol. The van der Waals surface area contributed by atoms with Crippen LogP contribution in [0.1, 0.15) is 33.6 Å². The van der Waals surface area contributed by atoms with Crippen molar-refractivity contribution in [3.63, 3.8) is 0 Å². The van der Waals surface area contributed by atoms with E-state index in [9.17, 15) is 9.13 Å². The van der Waals surface area contributed by atoms with Gasteiger partial charge in [0, 0.05) is 32.2 Å². The number of rotatable bonds is 11. The molecule has 0 aliphatic carbocycles. The fourth-order valence-electron chi connectivity index (χ4n) is 21.6. The minimum absolute atomic E-state index is 0.876. The van der Waals surface area contributed by atoms with Crippen LogP contribution in [0.4, 0.5) is 0 Å². The summed E-state index contributed by atoms with van der Waals surface area (Å²) in [4.78, 5) is 20.3. The molecule has 8 heterocycles. The molecule has 27 rings (SSSR count). The zero-order chi connectivity index (χ0) is 93.1. The van der Waals surface area contributed by atoms with Crippen molar-refractivity contribution in [2.45, 2.75) is 33.6 Å². The standard InChI is InChI=1S/C39H27N2OP.C35H25N2OP.C24H23N2PSe.C23H21N2PSe/c1-43(2,42)26-17-20-32-33-19-16-25(22-38(33)41-37-14-8-7-13-36(37)40-39(41)35(32)23-26)24-15-18-31-29-11-4-3-9-27(29)28-10-5-6-12-30(28)34(31)21-24;1-39(2,38)24-16-17-29-31(21-24)28-13-7-8-14-33(28)37-34-20-23(15-18-32(34)36-35(29)37)30-19-22-9-3-4-10-25(22)26-11-5-6-12-27(26)30;1-3-15-27(28,4-2)17-13-14-19-18-9-5-6-10-20(18)24-25-21-11-7-8-12-22(21)26(24)23(19)16-17;1-3-14-26(2,27)16-12-13-20-22(15-16)25-21-11-7-6-9-18(21)17-8-4-5-10-19(17)23(25)24-20/h3-23H,1-2H3;3-21H,1-2H3;5-14,16H,3-4,15H2,1-2H3;4-13,15H,3,14H2,1-2H3. The average Bonchev–Trinajstić information content (AvgIpc) is 1.59. The number of aromatic nitrogens is 8. The molecule has 10 nitrogen and oxygen atoms in total. The Kier molecular flexibility index (Phi) is 21.4. The molecule has 0 saturated carbocycles. The van der Waals surface area contributed by atoms with Crippen molar-refractivity contribution in [1.82, 2.24) is 37.5 Å². The third-order valence-corrected chi connectivity index (χ3v) is 44.0. The molecule has 664 valence electrons. The minimum Gasteiger partial charge on any atom is -0.319 e. The zero-order valence-electron chi connectivity index (χ0n) is 77.3. The predicted octanol–water partition coefficient (Wildman–Crippen LogP) is 30.7. The third kappa shape index (κ3) is 14.5. The second-order valence-electron chi connectivity index (χ2n) is 37.5. The first-order valence-electron chi connectivity index (χ1n) is 47.2. The molecule has 0 radical (unpaired) electrons. The molecule has 0 fully saturated rings. The first-order chi connectivity index (χ1) is 66.7. The molecule has 0 N–H and O–H groups in total. The molecular weight excluding hydrogens is 1880 g/mol. The Bertz CT molecular complexity index is 10000.